The quantitative estimate of drug-likeness (QED) is 0.494. The number of benzene rings is 3. The summed E-state index contributed by atoms with van der Waals surface area (Å²) < 4.78 is 1.28. The summed E-state index contributed by atoms with van der Waals surface area (Å²) in [6.45, 7) is 0. The van der Waals surface area contributed by atoms with Crippen molar-refractivity contribution in [2.75, 3.05) is 0 Å². The van der Waals surface area contributed by atoms with Crippen LogP contribution in [0.25, 0.3) is 11.1 Å². The fraction of sp³-hybridized carbons (Fsp3) is 0. The monoisotopic (exact) mass is 358 g/mol. The first-order valence-electron chi connectivity index (χ1n) is 6.17. The zero-order valence-corrected chi connectivity index (χ0v) is 12.7. The lowest BCUT2D eigenvalue weighted by molar-refractivity contribution is 1.59. The lowest BCUT2D eigenvalue weighted by Crippen LogP contribution is -1.76. The van der Waals surface area contributed by atoms with Gasteiger partial charge in [-0.3, -0.25) is 0 Å². The van der Waals surface area contributed by atoms with Gasteiger partial charge in [-0.15, -0.1) is 0 Å². The smallest absolute Gasteiger partial charge is 0.0130 e. The molecule has 1 heteroatoms. The van der Waals surface area contributed by atoms with Crippen molar-refractivity contribution in [3.05, 3.63) is 94.6 Å². The minimum Gasteiger partial charge on any atom is -0.0623 e. The molecule has 0 atom stereocenters. The molecule has 0 aliphatic rings. The van der Waals surface area contributed by atoms with Crippen LogP contribution in [-0.2, 0) is 0 Å². The molecule has 0 radical (unpaired) electrons. The van der Waals surface area contributed by atoms with Gasteiger partial charge >= 0.3 is 0 Å². The van der Waals surface area contributed by atoms with Crippen LogP contribution in [0, 0.1) is 3.57 Å². The molecule has 0 bridgehead atoms. The van der Waals surface area contributed by atoms with Crippen LogP contribution in [0.15, 0.2) is 91.0 Å². The Hall–Kier alpha value is -1.61. The van der Waals surface area contributed by atoms with E-state index in [0.29, 0.717) is 0 Å². The van der Waals surface area contributed by atoms with E-state index in [-0.39, 0.29) is 0 Å². The Kier molecular flexibility index (Phi) is 5.63. The summed E-state index contributed by atoms with van der Waals surface area (Å²) in [7, 11) is 0. The molecule has 0 unspecified atom stereocenters. The van der Waals surface area contributed by atoms with E-state index in [1.54, 1.807) is 0 Å². The van der Waals surface area contributed by atoms with Crippen LogP contribution in [0.1, 0.15) is 0 Å². The van der Waals surface area contributed by atoms with Crippen molar-refractivity contribution in [3.63, 3.8) is 0 Å². The zero-order valence-electron chi connectivity index (χ0n) is 10.5. The SMILES string of the molecule is Ic1ccc(-c2ccccc2)cc1.c1ccccc1. The van der Waals surface area contributed by atoms with Gasteiger partial charge in [0, 0.05) is 3.57 Å². The number of hydrogen-bond donors (Lipinski definition) is 0. The molecule has 0 saturated heterocycles. The lowest BCUT2D eigenvalue weighted by Gasteiger charge is -2.00. The molecule has 0 N–H and O–H groups in total. The second kappa shape index (κ2) is 7.74. The summed E-state index contributed by atoms with van der Waals surface area (Å²) >= 11 is 2.32. The predicted octanol–water partition coefficient (Wildman–Crippen LogP) is 5.64. The van der Waals surface area contributed by atoms with Crippen molar-refractivity contribution >= 4 is 22.6 Å². The molecule has 0 heterocycles. The van der Waals surface area contributed by atoms with E-state index in [1.807, 2.05) is 42.5 Å². The second-order valence-corrected chi connectivity index (χ2v) is 5.27. The molecule has 0 saturated carbocycles. The van der Waals surface area contributed by atoms with Gasteiger partial charge in [-0.25, -0.2) is 0 Å². The molecule has 3 aromatic carbocycles. The van der Waals surface area contributed by atoms with Crippen molar-refractivity contribution in [1.82, 2.24) is 0 Å². The predicted molar refractivity (Wildman–Crippen MR) is 91.0 cm³/mol. The van der Waals surface area contributed by atoms with E-state index >= 15 is 0 Å². The first kappa shape index (κ1) is 13.8. The van der Waals surface area contributed by atoms with Crippen LogP contribution in [0.3, 0.4) is 0 Å². The molecule has 94 valence electrons. The van der Waals surface area contributed by atoms with E-state index in [4.69, 9.17) is 0 Å². The molecule has 0 fully saturated rings. The van der Waals surface area contributed by atoms with Crippen molar-refractivity contribution in [3.8, 4) is 11.1 Å². The summed E-state index contributed by atoms with van der Waals surface area (Å²) in [6.07, 6.45) is 0. The molecular formula is C18H15I. The van der Waals surface area contributed by atoms with Gasteiger partial charge in [-0.05, 0) is 45.9 Å². The first-order chi connectivity index (χ1) is 9.36. The number of rotatable bonds is 1. The van der Waals surface area contributed by atoms with E-state index in [9.17, 15) is 0 Å². The summed E-state index contributed by atoms with van der Waals surface area (Å²) in [5.41, 5.74) is 2.56. The molecular weight excluding hydrogens is 343 g/mol. The molecule has 0 amide bonds. The minimum absolute atomic E-state index is 1.28. The largest absolute Gasteiger partial charge is 0.0623 e. The Bertz CT molecular complexity index is 544. The van der Waals surface area contributed by atoms with Gasteiger partial charge in [0.1, 0.15) is 0 Å². The van der Waals surface area contributed by atoms with E-state index in [1.165, 1.54) is 14.7 Å². The topological polar surface area (TPSA) is 0 Å². The first-order valence-corrected chi connectivity index (χ1v) is 7.25. The Morgan fingerprint density at radius 1 is 0.421 bits per heavy atom. The van der Waals surface area contributed by atoms with Gasteiger partial charge in [0.25, 0.3) is 0 Å². The number of hydrogen-bond acceptors (Lipinski definition) is 0. The van der Waals surface area contributed by atoms with Crippen LogP contribution >= 0.6 is 22.6 Å². The van der Waals surface area contributed by atoms with Crippen LogP contribution in [0.4, 0.5) is 0 Å². The molecule has 0 nitrogen and oxygen atoms in total. The molecule has 0 spiro atoms. The summed E-state index contributed by atoms with van der Waals surface area (Å²) in [6, 6.07) is 31.0. The number of halogens is 1. The molecule has 3 rings (SSSR count). The molecule has 0 aromatic heterocycles. The van der Waals surface area contributed by atoms with Gasteiger partial charge in [0.15, 0.2) is 0 Å². The highest BCUT2D eigenvalue weighted by Gasteiger charge is 1.94. The third-order valence-electron chi connectivity index (χ3n) is 2.62. The van der Waals surface area contributed by atoms with Gasteiger partial charge in [0.2, 0.25) is 0 Å². The lowest BCUT2D eigenvalue weighted by atomic mass is 10.1. The summed E-state index contributed by atoms with van der Waals surface area (Å²) in [4.78, 5) is 0. The Morgan fingerprint density at radius 2 is 0.789 bits per heavy atom. The zero-order chi connectivity index (χ0) is 13.3. The maximum Gasteiger partial charge on any atom is 0.0130 e. The van der Waals surface area contributed by atoms with Crippen LogP contribution in [0.2, 0.25) is 0 Å². The fourth-order valence-corrected chi connectivity index (χ4v) is 2.02. The van der Waals surface area contributed by atoms with E-state index in [0.717, 1.165) is 0 Å². The highest BCUT2D eigenvalue weighted by atomic mass is 127. The average Bonchev–Trinajstić information content (AvgIpc) is 2.51. The normalized spacial score (nSPS) is 9.32. The van der Waals surface area contributed by atoms with Gasteiger partial charge < -0.3 is 0 Å². The molecule has 0 aliphatic carbocycles. The van der Waals surface area contributed by atoms with Gasteiger partial charge in [0.05, 0.1) is 0 Å². The highest BCUT2D eigenvalue weighted by molar-refractivity contribution is 14.1. The summed E-state index contributed by atoms with van der Waals surface area (Å²) in [5.74, 6) is 0. The fourth-order valence-electron chi connectivity index (χ4n) is 1.66. The van der Waals surface area contributed by atoms with E-state index in [2.05, 4.69) is 71.1 Å². The Balaban J connectivity index is 0.000000186. The van der Waals surface area contributed by atoms with Gasteiger partial charge in [-0.2, -0.15) is 0 Å². The van der Waals surface area contributed by atoms with Gasteiger partial charge in [-0.1, -0.05) is 78.9 Å². The molecule has 19 heavy (non-hydrogen) atoms. The Morgan fingerprint density at radius 3 is 1.26 bits per heavy atom. The van der Waals surface area contributed by atoms with Crippen molar-refractivity contribution in [2.24, 2.45) is 0 Å². The third-order valence-corrected chi connectivity index (χ3v) is 3.34. The van der Waals surface area contributed by atoms with Crippen molar-refractivity contribution in [1.29, 1.82) is 0 Å². The minimum atomic E-state index is 1.28. The maximum atomic E-state index is 2.32. The van der Waals surface area contributed by atoms with Crippen molar-refractivity contribution < 1.29 is 0 Å². The second-order valence-electron chi connectivity index (χ2n) is 4.03. The van der Waals surface area contributed by atoms with Crippen molar-refractivity contribution in [2.45, 2.75) is 0 Å². The average molecular weight is 358 g/mol. The summed E-state index contributed by atoms with van der Waals surface area (Å²) in [5, 5.41) is 0. The molecule has 3 aromatic rings. The third kappa shape index (κ3) is 4.87. The standard InChI is InChI=1S/C12H9I.C6H6/c13-12-8-6-11(7-9-12)10-4-2-1-3-5-10;1-2-4-6-5-3-1/h1-9H;1-6H. The van der Waals surface area contributed by atoms with Crippen LogP contribution < -0.4 is 0 Å². The van der Waals surface area contributed by atoms with Crippen LogP contribution in [0.5, 0.6) is 0 Å². The maximum absolute atomic E-state index is 2.32. The molecule has 0 aliphatic heterocycles. The van der Waals surface area contributed by atoms with Crippen LogP contribution in [-0.4, -0.2) is 0 Å². The highest BCUT2D eigenvalue weighted by Crippen LogP contribution is 2.19. The van der Waals surface area contributed by atoms with E-state index < -0.39 is 0 Å². The Labute approximate surface area is 128 Å².